The molecule has 1 aliphatic carbocycles. The molecule has 7 nitrogen and oxygen atoms in total. The van der Waals surface area contributed by atoms with Crippen LogP contribution in [0.1, 0.15) is 71.4 Å². The maximum absolute atomic E-state index is 14.3. The molecule has 1 fully saturated rings. The summed E-state index contributed by atoms with van der Waals surface area (Å²) in [5.74, 6) is -4.53. The predicted octanol–water partition coefficient (Wildman–Crippen LogP) is 6.48. The number of aromatic nitrogens is 2. The molecule has 45 heavy (non-hydrogen) atoms. The molecule has 0 radical (unpaired) electrons. The number of hydrogen-bond donors (Lipinski definition) is 3. The molecule has 1 atom stereocenters. The van der Waals surface area contributed by atoms with E-state index in [1.807, 2.05) is 0 Å². The Kier molecular flexibility index (Phi) is 10.3. The standard InChI is InChI=1S/C32H31F6N5O2/c1-18(24(7-4-10-39)21-8-9-26(35)25(14-21)31(40)45)27(13-19-11-22(33)15-23(34)12-19)41-30(44)17-43-28(20-5-2-3-6-20)16-29(42-43)32(36,37)38/h4,7-12,14-16,20,27,39H,2-3,5-6,13,17H2,1H3,(H2,40,45)(H,41,44)/b7-4-,24-18-,39-10?/t27-/m0/s1. The Bertz CT molecular complexity index is 1630. The molecule has 1 saturated carbocycles. The fourth-order valence-corrected chi connectivity index (χ4v) is 5.57. The number of carbonyl (C=O) groups is 2. The third-order valence-corrected chi connectivity index (χ3v) is 7.72. The van der Waals surface area contributed by atoms with Crippen LogP contribution in [0.15, 0.2) is 60.2 Å². The number of allylic oxidation sites excluding steroid dienone is 3. The summed E-state index contributed by atoms with van der Waals surface area (Å²) in [6.45, 7) is 1.02. The van der Waals surface area contributed by atoms with Crippen LogP contribution in [0.3, 0.4) is 0 Å². The van der Waals surface area contributed by atoms with Gasteiger partial charge in [0, 0.05) is 23.9 Å². The number of amides is 2. The molecule has 0 aliphatic heterocycles. The van der Waals surface area contributed by atoms with E-state index in [1.165, 1.54) is 24.3 Å². The summed E-state index contributed by atoms with van der Waals surface area (Å²) in [4.78, 5) is 25.3. The van der Waals surface area contributed by atoms with Crippen molar-refractivity contribution in [2.24, 2.45) is 5.73 Å². The van der Waals surface area contributed by atoms with E-state index in [1.54, 1.807) is 6.92 Å². The van der Waals surface area contributed by atoms with Gasteiger partial charge in [0.1, 0.15) is 24.0 Å². The average Bonchev–Trinajstić information content (AvgIpc) is 3.63. The van der Waals surface area contributed by atoms with Crippen molar-refractivity contribution in [2.45, 2.75) is 63.7 Å². The first kappa shape index (κ1) is 33.2. The number of halogens is 6. The number of primary amides is 1. The monoisotopic (exact) mass is 631 g/mol. The molecule has 0 unspecified atom stereocenters. The van der Waals surface area contributed by atoms with Crippen molar-refractivity contribution in [1.29, 1.82) is 5.41 Å². The molecular weight excluding hydrogens is 600 g/mol. The van der Waals surface area contributed by atoms with Crippen LogP contribution in [-0.4, -0.2) is 33.9 Å². The fraction of sp³-hybridized carbons (Fsp3) is 0.312. The van der Waals surface area contributed by atoms with Crippen LogP contribution < -0.4 is 11.1 Å². The predicted molar refractivity (Wildman–Crippen MR) is 156 cm³/mol. The molecule has 238 valence electrons. The van der Waals surface area contributed by atoms with Crippen molar-refractivity contribution in [3.63, 3.8) is 0 Å². The molecule has 0 spiro atoms. The Morgan fingerprint density at radius 1 is 1.09 bits per heavy atom. The van der Waals surface area contributed by atoms with E-state index < -0.39 is 59.3 Å². The van der Waals surface area contributed by atoms with Gasteiger partial charge in [-0.3, -0.25) is 14.3 Å². The maximum Gasteiger partial charge on any atom is 0.435 e. The summed E-state index contributed by atoms with van der Waals surface area (Å²) in [5.41, 5.74) is 5.25. The quantitative estimate of drug-likeness (QED) is 0.128. The molecule has 4 N–H and O–H groups in total. The first-order chi connectivity index (χ1) is 21.3. The summed E-state index contributed by atoms with van der Waals surface area (Å²) < 4.78 is 84.2. The van der Waals surface area contributed by atoms with Gasteiger partial charge in [0.2, 0.25) is 5.91 Å². The molecule has 1 aliphatic rings. The smallest absolute Gasteiger partial charge is 0.366 e. The van der Waals surface area contributed by atoms with Crippen LogP contribution in [0.5, 0.6) is 0 Å². The van der Waals surface area contributed by atoms with E-state index in [2.05, 4.69) is 10.4 Å². The third kappa shape index (κ3) is 8.28. The number of carbonyl (C=O) groups excluding carboxylic acids is 2. The van der Waals surface area contributed by atoms with Gasteiger partial charge in [-0.05, 0) is 84.9 Å². The number of hydrogen-bond acceptors (Lipinski definition) is 4. The van der Waals surface area contributed by atoms with E-state index in [0.29, 0.717) is 35.7 Å². The van der Waals surface area contributed by atoms with Gasteiger partial charge in [-0.15, -0.1) is 0 Å². The highest BCUT2D eigenvalue weighted by Gasteiger charge is 2.36. The third-order valence-electron chi connectivity index (χ3n) is 7.72. The zero-order chi connectivity index (χ0) is 32.9. The fourth-order valence-electron chi connectivity index (χ4n) is 5.57. The minimum Gasteiger partial charge on any atom is -0.366 e. The molecule has 2 amide bonds. The van der Waals surface area contributed by atoms with E-state index in [9.17, 15) is 35.9 Å². The van der Waals surface area contributed by atoms with Gasteiger partial charge >= 0.3 is 6.18 Å². The Morgan fingerprint density at radius 3 is 2.36 bits per heavy atom. The van der Waals surface area contributed by atoms with Gasteiger partial charge < -0.3 is 16.5 Å². The number of benzene rings is 2. The minimum atomic E-state index is -4.71. The number of rotatable bonds is 11. The zero-order valence-corrected chi connectivity index (χ0v) is 24.2. The molecule has 3 aromatic rings. The SMILES string of the molecule is C/C(=C(\C=C/C=N)c1ccc(F)c(C(N)=O)c1)[C@H](Cc1cc(F)cc(F)c1)NC(=O)Cn1nc(C(F)(F)F)cc1C1CCCC1. The first-order valence-corrected chi connectivity index (χ1v) is 14.1. The second kappa shape index (κ2) is 14.0. The molecule has 0 saturated heterocycles. The Morgan fingerprint density at radius 2 is 1.76 bits per heavy atom. The Balaban J connectivity index is 1.76. The zero-order valence-electron chi connectivity index (χ0n) is 24.2. The lowest BCUT2D eigenvalue weighted by Crippen LogP contribution is -2.40. The Labute approximate surface area is 255 Å². The van der Waals surface area contributed by atoms with Crippen molar-refractivity contribution < 1.29 is 35.9 Å². The normalized spacial score (nSPS) is 15.3. The summed E-state index contributed by atoms with van der Waals surface area (Å²) in [6, 6.07) is 6.37. The van der Waals surface area contributed by atoms with Crippen LogP contribution in [-0.2, 0) is 23.9 Å². The number of nitrogens with one attached hydrogen (secondary N) is 2. The molecule has 0 bridgehead atoms. The van der Waals surface area contributed by atoms with Crippen LogP contribution >= 0.6 is 0 Å². The summed E-state index contributed by atoms with van der Waals surface area (Å²) in [6.07, 6.45) is 1.90. The molecule has 1 heterocycles. The number of nitrogens with zero attached hydrogens (tertiary/aromatic N) is 2. The second-order valence-corrected chi connectivity index (χ2v) is 10.9. The van der Waals surface area contributed by atoms with E-state index >= 15 is 0 Å². The minimum absolute atomic E-state index is 0.152. The van der Waals surface area contributed by atoms with Crippen molar-refractivity contribution in [1.82, 2.24) is 15.1 Å². The lowest BCUT2D eigenvalue weighted by Gasteiger charge is -2.23. The van der Waals surface area contributed by atoms with Crippen molar-refractivity contribution in [3.8, 4) is 0 Å². The van der Waals surface area contributed by atoms with E-state index in [0.717, 1.165) is 48.0 Å². The van der Waals surface area contributed by atoms with Gasteiger partial charge in [-0.1, -0.05) is 25.0 Å². The number of alkyl halides is 3. The van der Waals surface area contributed by atoms with Gasteiger partial charge in [0.25, 0.3) is 5.91 Å². The largest absolute Gasteiger partial charge is 0.435 e. The summed E-state index contributed by atoms with van der Waals surface area (Å²) in [5, 5.41) is 13.9. The first-order valence-electron chi connectivity index (χ1n) is 14.1. The molecule has 13 heteroatoms. The summed E-state index contributed by atoms with van der Waals surface area (Å²) >= 11 is 0. The lowest BCUT2D eigenvalue weighted by atomic mass is 9.91. The topological polar surface area (TPSA) is 114 Å². The molecule has 2 aromatic carbocycles. The highest BCUT2D eigenvalue weighted by molar-refractivity contribution is 5.95. The van der Waals surface area contributed by atoms with Crippen molar-refractivity contribution in [2.75, 3.05) is 0 Å². The molecular formula is C32H31F6N5O2. The summed E-state index contributed by atoms with van der Waals surface area (Å²) in [7, 11) is 0. The van der Waals surface area contributed by atoms with Gasteiger partial charge in [-0.2, -0.15) is 18.3 Å². The van der Waals surface area contributed by atoms with Gasteiger partial charge in [-0.25, -0.2) is 13.2 Å². The average molecular weight is 632 g/mol. The van der Waals surface area contributed by atoms with Crippen molar-refractivity contribution in [3.05, 3.63) is 106 Å². The van der Waals surface area contributed by atoms with E-state index in [4.69, 9.17) is 11.1 Å². The molecule has 4 rings (SSSR count). The lowest BCUT2D eigenvalue weighted by molar-refractivity contribution is -0.141. The van der Waals surface area contributed by atoms with Crippen LogP contribution in [0, 0.1) is 22.9 Å². The van der Waals surface area contributed by atoms with Gasteiger partial charge in [0.15, 0.2) is 5.69 Å². The van der Waals surface area contributed by atoms with Crippen molar-refractivity contribution >= 4 is 23.6 Å². The van der Waals surface area contributed by atoms with Crippen LogP contribution in [0.2, 0.25) is 0 Å². The maximum atomic E-state index is 14.3. The van der Waals surface area contributed by atoms with Crippen LogP contribution in [0.25, 0.3) is 5.57 Å². The highest BCUT2D eigenvalue weighted by Crippen LogP contribution is 2.37. The Hall–Kier alpha value is -4.68. The molecule has 1 aromatic heterocycles. The van der Waals surface area contributed by atoms with Crippen LogP contribution in [0.4, 0.5) is 26.3 Å². The number of nitrogens with two attached hydrogens (primary N) is 1. The van der Waals surface area contributed by atoms with Gasteiger partial charge in [0.05, 0.1) is 11.6 Å². The highest BCUT2D eigenvalue weighted by atomic mass is 19.4. The second-order valence-electron chi connectivity index (χ2n) is 10.9. The van der Waals surface area contributed by atoms with E-state index in [-0.39, 0.29) is 23.5 Å².